The van der Waals surface area contributed by atoms with Crippen molar-refractivity contribution in [3.05, 3.63) is 23.8 Å². The fourth-order valence-corrected chi connectivity index (χ4v) is 4.39. The van der Waals surface area contributed by atoms with E-state index < -0.39 is 0 Å². The van der Waals surface area contributed by atoms with Crippen molar-refractivity contribution in [3.8, 4) is 11.5 Å². The smallest absolute Gasteiger partial charge is 0.191 e. The van der Waals surface area contributed by atoms with Crippen LogP contribution >= 0.6 is 24.0 Å². The second kappa shape index (κ2) is 12.5. The Bertz CT molecular complexity index is 642. The molecule has 0 spiro atoms. The lowest BCUT2D eigenvalue weighted by atomic mass is 9.92. The molecular weight excluding hydrogens is 479 g/mol. The van der Waals surface area contributed by atoms with Gasteiger partial charge >= 0.3 is 0 Å². The van der Waals surface area contributed by atoms with Crippen molar-refractivity contribution in [2.75, 3.05) is 26.7 Å². The van der Waals surface area contributed by atoms with Crippen LogP contribution in [0.2, 0.25) is 0 Å². The molecule has 0 radical (unpaired) electrons. The van der Waals surface area contributed by atoms with Crippen LogP contribution < -0.4 is 15.4 Å². The van der Waals surface area contributed by atoms with Crippen LogP contribution in [0, 0.1) is 0 Å². The minimum absolute atomic E-state index is 0. The zero-order chi connectivity index (χ0) is 19.8. The van der Waals surface area contributed by atoms with Gasteiger partial charge in [0.25, 0.3) is 0 Å². The van der Waals surface area contributed by atoms with Crippen molar-refractivity contribution < 1.29 is 9.84 Å². The first kappa shape index (κ1) is 24.1. The predicted octanol–water partition coefficient (Wildman–Crippen LogP) is 3.87. The number of piperidine rings is 1. The fourth-order valence-electron chi connectivity index (χ4n) is 4.39. The largest absolute Gasteiger partial charge is 0.504 e. The number of rotatable bonds is 6. The Morgan fingerprint density at radius 1 is 1.17 bits per heavy atom. The van der Waals surface area contributed by atoms with Crippen molar-refractivity contribution in [2.45, 2.75) is 70.5 Å². The molecule has 0 amide bonds. The SMILES string of the molecule is CCNC(=NCc1cccc(OC)c1O)NC1CCN(C2CCCCC2)CC1.I. The normalized spacial score (nSPS) is 19.4. The van der Waals surface area contributed by atoms with Crippen LogP contribution in [0.5, 0.6) is 11.5 Å². The van der Waals surface area contributed by atoms with Gasteiger partial charge in [0.05, 0.1) is 13.7 Å². The average Bonchev–Trinajstić information content (AvgIpc) is 2.74. The molecule has 3 N–H and O–H groups in total. The number of guanidine groups is 1. The number of hydrogen-bond donors (Lipinski definition) is 3. The van der Waals surface area contributed by atoms with Crippen LogP contribution in [0.4, 0.5) is 0 Å². The Morgan fingerprint density at radius 2 is 1.90 bits per heavy atom. The number of para-hydroxylation sites is 1. The summed E-state index contributed by atoms with van der Waals surface area (Å²) in [6.07, 6.45) is 9.29. The lowest BCUT2D eigenvalue weighted by Gasteiger charge is -2.39. The van der Waals surface area contributed by atoms with E-state index in [0.29, 0.717) is 18.3 Å². The van der Waals surface area contributed by atoms with Crippen molar-refractivity contribution >= 4 is 29.9 Å². The van der Waals surface area contributed by atoms with Gasteiger partial charge in [0.2, 0.25) is 0 Å². The Labute approximate surface area is 192 Å². The standard InChI is InChI=1S/C22H36N4O2.HI/c1-3-23-22(24-16-17-8-7-11-20(28-2)21(17)27)25-18-12-14-26(15-13-18)19-9-5-4-6-10-19;/h7-8,11,18-19,27H,3-6,9-10,12-16H2,1-2H3,(H2,23,24,25);1H. The molecule has 164 valence electrons. The lowest BCUT2D eigenvalue weighted by molar-refractivity contribution is 0.119. The van der Waals surface area contributed by atoms with Crippen molar-refractivity contribution in [1.29, 1.82) is 0 Å². The van der Waals surface area contributed by atoms with E-state index in [2.05, 4.69) is 27.4 Å². The molecule has 6 nitrogen and oxygen atoms in total. The summed E-state index contributed by atoms with van der Waals surface area (Å²) in [5, 5.41) is 17.2. The topological polar surface area (TPSA) is 69.1 Å². The molecule has 2 aliphatic rings. The number of nitrogens with zero attached hydrogens (tertiary/aromatic N) is 2. The molecule has 2 fully saturated rings. The predicted molar refractivity (Wildman–Crippen MR) is 129 cm³/mol. The number of likely N-dealkylation sites (tertiary alicyclic amines) is 1. The molecule has 0 aromatic heterocycles. The van der Waals surface area contributed by atoms with Crippen LogP contribution in [0.15, 0.2) is 23.2 Å². The van der Waals surface area contributed by atoms with Gasteiger partial charge in [0, 0.05) is 37.3 Å². The van der Waals surface area contributed by atoms with E-state index in [1.54, 1.807) is 13.2 Å². The third-order valence-corrected chi connectivity index (χ3v) is 6.02. The average molecular weight is 516 g/mol. The molecular formula is C22H37IN4O2. The second-order valence-electron chi connectivity index (χ2n) is 7.91. The first-order valence-corrected chi connectivity index (χ1v) is 10.8. The second-order valence-corrected chi connectivity index (χ2v) is 7.91. The van der Waals surface area contributed by atoms with Gasteiger partial charge < -0.3 is 25.4 Å². The Hall–Kier alpha value is -1.22. The van der Waals surface area contributed by atoms with Crippen LogP contribution in [0.25, 0.3) is 0 Å². The lowest BCUT2D eigenvalue weighted by Crippen LogP contribution is -2.50. The summed E-state index contributed by atoms with van der Waals surface area (Å²) >= 11 is 0. The number of methoxy groups -OCH3 is 1. The molecule has 1 heterocycles. The van der Waals surface area contributed by atoms with E-state index >= 15 is 0 Å². The third-order valence-electron chi connectivity index (χ3n) is 6.02. The van der Waals surface area contributed by atoms with E-state index in [1.807, 2.05) is 12.1 Å². The highest BCUT2D eigenvalue weighted by Gasteiger charge is 2.26. The van der Waals surface area contributed by atoms with Gasteiger partial charge in [-0.25, -0.2) is 4.99 Å². The molecule has 1 aliphatic heterocycles. The first-order valence-electron chi connectivity index (χ1n) is 10.8. The number of aliphatic imine (C=N–C) groups is 1. The molecule has 1 saturated heterocycles. The molecule has 0 unspecified atom stereocenters. The maximum absolute atomic E-state index is 10.3. The van der Waals surface area contributed by atoms with E-state index in [0.717, 1.165) is 37.0 Å². The third kappa shape index (κ3) is 6.91. The van der Waals surface area contributed by atoms with E-state index in [4.69, 9.17) is 4.74 Å². The number of phenolic OH excluding ortho intramolecular Hbond substituents is 1. The van der Waals surface area contributed by atoms with Crippen LogP contribution in [0.3, 0.4) is 0 Å². The van der Waals surface area contributed by atoms with Crippen LogP contribution in [0.1, 0.15) is 57.4 Å². The molecule has 29 heavy (non-hydrogen) atoms. The van der Waals surface area contributed by atoms with Crippen LogP contribution in [-0.2, 0) is 6.54 Å². The molecule has 0 atom stereocenters. The summed E-state index contributed by atoms with van der Waals surface area (Å²) in [5.41, 5.74) is 0.767. The van der Waals surface area contributed by atoms with Gasteiger partial charge in [-0.1, -0.05) is 31.4 Å². The highest BCUT2D eigenvalue weighted by atomic mass is 127. The maximum atomic E-state index is 10.3. The molecule has 7 heteroatoms. The summed E-state index contributed by atoms with van der Waals surface area (Å²) in [7, 11) is 1.56. The van der Waals surface area contributed by atoms with Crippen LogP contribution in [-0.4, -0.2) is 54.8 Å². The molecule has 1 aromatic rings. The van der Waals surface area contributed by atoms with Gasteiger partial charge in [-0.2, -0.15) is 0 Å². The zero-order valence-electron chi connectivity index (χ0n) is 17.8. The number of aromatic hydroxyl groups is 1. The number of nitrogens with one attached hydrogen (secondary N) is 2. The highest BCUT2D eigenvalue weighted by Crippen LogP contribution is 2.29. The number of phenols is 1. The van der Waals surface area contributed by atoms with Gasteiger partial charge in [-0.3, -0.25) is 0 Å². The summed E-state index contributed by atoms with van der Waals surface area (Å²) in [6, 6.07) is 6.79. The molecule has 1 aliphatic carbocycles. The number of ether oxygens (including phenoxy) is 1. The minimum Gasteiger partial charge on any atom is -0.504 e. The molecule has 1 aromatic carbocycles. The Kier molecular flexibility index (Phi) is 10.3. The molecule has 1 saturated carbocycles. The van der Waals surface area contributed by atoms with E-state index in [1.165, 1.54) is 45.2 Å². The summed E-state index contributed by atoms with van der Waals surface area (Å²) < 4.78 is 5.19. The zero-order valence-corrected chi connectivity index (χ0v) is 20.2. The maximum Gasteiger partial charge on any atom is 0.191 e. The number of hydrogen-bond acceptors (Lipinski definition) is 4. The minimum atomic E-state index is 0. The summed E-state index contributed by atoms with van der Waals surface area (Å²) in [6.45, 7) is 5.67. The first-order chi connectivity index (χ1) is 13.7. The van der Waals surface area contributed by atoms with Gasteiger partial charge in [-0.15, -0.1) is 24.0 Å². The van der Waals surface area contributed by atoms with Crippen molar-refractivity contribution in [2.24, 2.45) is 4.99 Å². The fraction of sp³-hybridized carbons (Fsp3) is 0.682. The van der Waals surface area contributed by atoms with E-state index in [9.17, 15) is 5.11 Å². The monoisotopic (exact) mass is 516 g/mol. The van der Waals surface area contributed by atoms with Gasteiger partial charge in [-0.05, 0) is 38.7 Å². The Morgan fingerprint density at radius 3 is 2.55 bits per heavy atom. The number of halogens is 1. The van der Waals surface area contributed by atoms with Crippen molar-refractivity contribution in [3.63, 3.8) is 0 Å². The summed E-state index contributed by atoms with van der Waals surface area (Å²) in [5.74, 6) is 1.48. The van der Waals surface area contributed by atoms with Crippen molar-refractivity contribution in [1.82, 2.24) is 15.5 Å². The summed E-state index contributed by atoms with van der Waals surface area (Å²) in [4.78, 5) is 7.39. The highest BCUT2D eigenvalue weighted by molar-refractivity contribution is 14.0. The Balaban J connectivity index is 0.00000300. The van der Waals surface area contributed by atoms with Gasteiger partial charge in [0.15, 0.2) is 17.5 Å². The quantitative estimate of drug-likeness (QED) is 0.304. The van der Waals surface area contributed by atoms with E-state index in [-0.39, 0.29) is 29.7 Å². The molecule has 0 bridgehead atoms. The molecule has 3 rings (SSSR count). The van der Waals surface area contributed by atoms with Gasteiger partial charge in [0.1, 0.15) is 0 Å². The number of benzene rings is 1.